The minimum Gasteiger partial charge on any atom is -0.464 e. The quantitative estimate of drug-likeness (QED) is 0.694. The number of nitrogens with zero attached hydrogens (tertiary/aromatic N) is 2. The van der Waals surface area contributed by atoms with Gasteiger partial charge in [-0.05, 0) is 12.1 Å². The summed E-state index contributed by atoms with van der Waals surface area (Å²) in [5.74, 6) is -0.640. The Balaban J connectivity index is 2.23. The van der Waals surface area contributed by atoms with Gasteiger partial charge >= 0.3 is 5.97 Å². The van der Waals surface area contributed by atoms with Crippen LogP contribution >= 0.6 is 23.2 Å². The first-order valence-electron chi connectivity index (χ1n) is 5.70. The predicted molar refractivity (Wildman–Crippen MR) is 77.2 cm³/mol. The summed E-state index contributed by atoms with van der Waals surface area (Å²) in [7, 11) is 1.25. The first-order chi connectivity index (χ1) is 9.61. The van der Waals surface area contributed by atoms with Crippen LogP contribution in [0.2, 0.25) is 10.2 Å². The average Bonchev–Trinajstić information content (AvgIpc) is 2.48. The van der Waals surface area contributed by atoms with Gasteiger partial charge in [0.25, 0.3) is 0 Å². The predicted octanol–water partition coefficient (Wildman–Crippen LogP) is 3.18. The molecule has 104 valence electrons. The van der Waals surface area contributed by atoms with Crippen LogP contribution in [0.25, 0.3) is 0 Å². The van der Waals surface area contributed by atoms with Crippen molar-refractivity contribution in [3.8, 4) is 0 Å². The Labute approximate surface area is 125 Å². The molecular formula is C13H11Cl2N3O2. The maximum absolute atomic E-state index is 11.5. The van der Waals surface area contributed by atoms with Crippen LogP contribution in [0.3, 0.4) is 0 Å². The molecule has 0 amide bonds. The lowest BCUT2D eigenvalue weighted by Crippen LogP contribution is -2.09. The van der Waals surface area contributed by atoms with Gasteiger partial charge in [0, 0.05) is 12.3 Å². The van der Waals surface area contributed by atoms with Gasteiger partial charge in [-0.2, -0.15) is 0 Å². The van der Waals surface area contributed by atoms with Crippen LogP contribution in [0.1, 0.15) is 16.2 Å². The molecule has 0 aliphatic carbocycles. The van der Waals surface area contributed by atoms with Crippen LogP contribution in [0.15, 0.2) is 30.5 Å². The second kappa shape index (κ2) is 6.54. The van der Waals surface area contributed by atoms with Crippen LogP contribution < -0.4 is 5.32 Å². The van der Waals surface area contributed by atoms with E-state index >= 15 is 0 Å². The first kappa shape index (κ1) is 14.6. The number of hydrogen-bond donors (Lipinski definition) is 1. The van der Waals surface area contributed by atoms with Crippen molar-refractivity contribution in [2.45, 2.75) is 6.54 Å². The zero-order chi connectivity index (χ0) is 14.5. The molecule has 0 fully saturated rings. The van der Waals surface area contributed by atoms with Crippen molar-refractivity contribution in [3.05, 3.63) is 52.0 Å². The number of pyridine rings is 2. The fourth-order valence-electron chi connectivity index (χ4n) is 1.55. The molecule has 1 N–H and O–H groups in total. The number of halogens is 2. The van der Waals surface area contributed by atoms with E-state index < -0.39 is 5.97 Å². The number of rotatable bonds is 4. The lowest BCUT2D eigenvalue weighted by molar-refractivity contribution is 0.0594. The van der Waals surface area contributed by atoms with Crippen molar-refractivity contribution in [2.75, 3.05) is 12.4 Å². The molecule has 0 aliphatic heterocycles. The summed E-state index contributed by atoms with van der Waals surface area (Å²) < 4.78 is 4.61. The van der Waals surface area contributed by atoms with Gasteiger partial charge in [0.2, 0.25) is 0 Å². The Kier molecular flexibility index (Phi) is 4.76. The summed E-state index contributed by atoms with van der Waals surface area (Å²) >= 11 is 12.0. The smallest absolute Gasteiger partial charge is 0.358 e. The van der Waals surface area contributed by atoms with Gasteiger partial charge in [-0.3, -0.25) is 4.98 Å². The number of carbonyl (C=O) groups is 1. The van der Waals surface area contributed by atoms with E-state index in [2.05, 4.69) is 20.0 Å². The SMILES string of the molecule is COC(=O)c1nc(Cl)cc(NCc2ccccn2)c1Cl. The van der Waals surface area contributed by atoms with Gasteiger partial charge in [-0.25, -0.2) is 9.78 Å². The van der Waals surface area contributed by atoms with Crippen LogP contribution in [-0.2, 0) is 11.3 Å². The summed E-state index contributed by atoms with van der Waals surface area (Å²) in [6.45, 7) is 0.446. The minimum atomic E-state index is -0.640. The van der Waals surface area contributed by atoms with Crippen LogP contribution in [0.4, 0.5) is 5.69 Å². The fourth-order valence-corrected chi connectivity index (χ4v) is 1.98. The summed E-state index contributed by atoms with van der Waals surface area (Å²) in [6.07, 6.45) is 1.69. The number of carbonyl (C=O) groups excluding carboxylic acids is 1. The van der Waals surface area contributed by atoms with E-state index in [-0.39, 0.29) is 15.9 Å². The van der Waals surface area contributed by atoms with Crippen LogP contribution in [-0.4, -0.2) is 23.0 Å². The number of hydrogen-bond acceptors (Lipinski definition) is 5. The van der Waals surface area contributed by atoms with Gasteiger partial charge in [0.15, 0.2) is 5.69 Å². The molecule has 0 bridgehead atoms. The van der Waals surface area contributed by atoms with E-state index in [1.165, 1.54) is 7.11 Å². The maximum atomic E-state index is 11.5. The highest BCUT2D eigenvalue weighted by Crippen LogP contribution is 2.28. The number of methoxy groups -OCH3 is 1. The van der Waals surface area contributed by atoms with E-state index in [1.807, 2.05) is 18.2 Å². The largest absolute Gasteiger partial charge is 0.464 e. The van der Waals surface area contributed by atoms with Crippen molar-refractivity contribution < 1.29 is 9.53 Å². The minimum absolute atomic E-state index is 0.0230. The molecule has 0 saturated carbocycles. The van der Waals surface area contributed by atoms with Gasteiger partial charge in [-0.1, -0.05) is 29.3 Å². The number of ether oxygens (including phenoxy) is 1. The molecule has 7 heteroatoms. The molecular weight excluding hydrogens is 301 g/mol. The number of nitrogens with one attached hydrogen (secondary N) is 1. The Morgan fingerprint density at radius 2 is 2.20 bits per heavy atom. The molecule has 0 radical (unpaired) electrons. The summed E-state index contributed by atoms with van der Waals surface area (Å²) in [5, 5.41) is 3.38. The second-order valence-electron chi connectivity index (χ2n) is 3.82. The molecule has 0 aliphatic rings. The highest BCUT2D eigenvalue weighted by atomic mass is 35.5. The highest BCUT2D eigenvalue weighted by molar-refractivity contribution is 6.37. The third-order valence-corrected chi connectivity index (χ3v) is 3.07. The summed E-state index contributed by atoms with van der Waals surface area (Å²) in [5.41, 5.74) is 1.30. The number of anilines is 1. The van der Waals surface area contributed by atoms with Crippen molar-refractivity contribution in [3.63, 3.8) is 0 Å². The zero-order valence-corrected chi connectivity index (χ0v) is 12.1. The Morgan fingerprint density at radius 1 is 1.40 bits per heavy atom. The second-order valence-corrected chi connectivity index (χ2v) is 4.59. The third kappa shape index (κ3) is 3.37. The van der Waals surface area contributed by atoms with Gasteiger partial charge in [0.05, 0.1) is 30.1 Å². The van der Waals surface area contributed by atoms with Gasteiger partial charge in [0.1, 0.15) is 5.15 Å². The van der Waals surface area contributed by atoms with Gasteiger partial charge < -0.3 is 10.1 Å². The first-order valence-corrected chi connectivity index (χ1v) is 6.45. The molecule has 2 rings (SSSR count). The molecule has 0 unspecified atom stereocenters. The normalized spacial score (nSPS) is 10.2. The number of esters is 1. The van der Waals surface area contributed by atoms with Crippen LogP contribution in [0, 0.1) is 0 Å². The van der Waals surface area contributed by atoms with E-state index in [9.17, 15) is 4.79 Å². The van der Waals surface area contributed by atoms with E-state index in [1.54, 1.807) is 12.3 Å². The topological polar surface area (TPSA) is 64.1 Å². The molecule has 5 nitrogen and oxygen atoms in total. The monoisotopic (exact) mass is 311 g/mol. The molecule has 0 spiro atoms. The lowest BCUT2D eigenvalue weighted by Gasteiger charge is -2.10. The van der Waals surface area contributed by atoms with Crippen molar-refractivity contribution in [1.82, 2.24) is 9.97 Å². The van der Waals surface area contributed by atoms with E-state index in [4.69, 9.17) is 23.2 Å². The Hall–Kier alpha value is -1.85. The highest BCUT2D eigenvalue weighted by Gasteiger charge is 2.17. The maximum Gasteiger partial charge on any atom is 0.358 e. The van der Waals surface area contributed by atoms with E-state index in [0.717, 1.165) is 5.69 Å². The van der Waals surface area contributed by atoms with Crippen molar-refractivity contribution in [2.24, 2.45) is 0 Å². The molecule has 0 atom stereocenters. The Bertz CT molecular complexity index is 621. The standard InChI is InChI=1S/C13H11Cl2N3O2/c1-20-13(19)12-11(15)9(6-10(14)18-12)17-7-8-4-2-3-5-16-8/h2-6H,7H2,1H3,(H,17,18). The molecule has 2 aromatic rings. The summed E-state index contributed by atoms with van der Waals surface area (Å²) in [4.78, 5) is 19.6. The molecule has 20 heavy (non-hydrogen) atoms. The van der Waals surface area contributed by atoms with E-state index in [0.29, 0.717) is 12.2 Å². The van der Waals surface area contributed by atoms with Crippen molar-refractivity contribution in [1.29, 1.82) is 0 Å². The molecule has 0 saturated heterocycles. The average molecular weight is 312 g/mol. The van der Waals surface area contributed by atoms with Crippen LogP contribution in [0.5, 0.6) is 0 Å². The van der Waals surface area contributed by atoms with Gasteiger partial charge in [-0.15, -0.1) is 0 Å². The molecule has 0 aromatic carbocycles. The lowest BCUT2D eigenvalue weighted by atomic mass is 10.3. The third-order valence-electron chi connectivity index (χ3n) is 2.49. The summed E-state index contributed by atoms with van der Waals surface area (Å²) in [6, 6.07) is 7.12. The molecule has 2 heterocycles. The van der Waals surface area contributed by atoms with Crippen molar-refractivity contribution >= 4 is 34.9 Å². The Morgan fingerprint density at radius 3 is 2.85 bits per heavy atom. The number of aromatic nitrogens is 2. The fraction of sp³-hybridized carbons (Fsp3) is 0.154. The zero-order valence-electron chi connectivity index (χ0n) is 10.6. The molecule has 2 aromatic heterocycles.